The molecular formula is C15H28N4O. The summed E-state index contributed by atoms with van der Waals surface area (Å²) in [6.45, 7) is 15.2. The predicted molar refractivity (Wildman–Crippen MR) is 82.5 cm³/mol. The van der Waals surface area contributed by atoms with Crippen molar-refractivity contribution in [3.8, 4) is 0 Å². The minimum absolute atomic E-state index is 0.0757. The van der Waals surface area contributed by atoms with Gasteiger partial charge in [-0.3, -0.25) is 0 Å². The second kappa shape index (κ2) is 6.50. The van der Waals surface area contributed by atoms with E-state index in [-0.39, 0.29) is 11.5 Å². The number of rotatable bonds is 5. The Labute approximate surface area is 122 Å². The highest BCUT2D eigenvalue weighted by molar-refractivity contribution is 5.47. The Morgan fingerprint density at radius 2 is 1.85 bits per heavy atom. The summed E-state index contributed by atoms with van der Waals surface area (Å²) in [4.78, 5) is 9.24. The summed E-state index contributed by atoms with van der Waals surface area (Å²) in [6.07, 6.45) is -0.153. The maximum Gasteiger partial charge on any atom is 0.160 e. The van der Waals surface area contributed by atoms with Gasteiger partial charge < -0.3 is 10.2 Å². The molecule has 0 aliphatic rings. The Morgan fingerprint density at radius 1 is 1.25 bits per heavy atom. The van der Waals surface area contributed by atoms with E-state index < -0.39 is 0 Å². The van der Waals surface area contributed by atoms with Gasteiger partial charge in [-0.2, -0.15) is 0 Å². The average molecular weight is 280 g/mol. The van der Waals surface area contributed by atoms with E-state index in [2.05, 4.69) is 50.0 Å². The molecule has 20 heavy (non-hydrogen) atoms. The van der Waals surface area contributed by atoms with E-state index in [1.54, 1.807) is 0 Å². The van der Waals surface area contributed by atoms with E-state index >= 15 is 0 Å². The maximum absolute atomic E-state index is 5.85. The standard InChI is InChI=1S/C15H28N4O/c1-8-20-12(15(5,6)7)14-17-10(4)11(9(2)3)13(18-14)19-16/h9,12H,8,16H2,1-7H3,(H,17,18,19). The molecule has 5 nitrogen and oxygen atoms in total. The number of nitrogens with one attached hydrogen (secondary N) is 1. The van der Waals surface area contributed by atoms with Gasteiger partial charge in [0, 0.05) is 17.9 Å². The van der Waals surface area contributed by atoms with Gasteiger partial charge in [0.2, 0.25) is 0 Å². The number of nitrogens with two attached hydrogens (primary N) is 1. The monoisotopic (exact) mass is 280 g/mol. The third-order valence-corrected chi connectivity index (χ3v) is 3.22. The van der Waals surface area contributed by atoms with Crippen LogP contribution in [-0.2, 0) is 4.74 Å². The molecule has 0 saturated heterocycles. The van der Waals surface area contributed by atoms with Crippen molar-refractivity contribution in [3.63, 3.8) is 0 Å². The van der Waals surface area contributed by atoms with Crippen molar-refractivity contribution in [1.29, 1.82) is 0 Å². The zero-order valence-electron chi connectivity index (χ0n) is 13.7. The molecule has 0 spiro atoms. The lowest BCUT2D eigenvalue weighted by molar-refractivity contribution is -0.0191. The van der Waals surface area contributed by atoms with Gasteiger partial charge in [-0.1, -0.05) is 34.6 Å². The van der Waals surface area contributed by atoms with Crippen LogP contribution >= 0.6 is 0 Å². The first kappa shape index (κ1) is 16.9. The Balaban J connectivity index is 3.35. The van der Waals surface area contributed by atoms with Crippen LogP contribution in [0.5, 0.6) is 0 Å². The van der Waals surface area contributed by atoms with Crippen LogP contribution < -0.4 is 11.3 Å². The third kappa shape index (κ3) is 3.67. The van der Waals surface area contributed by atoms with Gasteiger partial charge in [-0.25, -0.2) is 15.8 Å². The van der Waals surface area contributed by atoms with E-state index in [9.17, 15) is 0 Å². The van der Waals surface area contributed by atoms with E-state index in [1.807, 2.05) is 13.8 Å². The van der Waals surface area contributed by atoms with E-state index in [0.29, 0.717) is 24.2 Å². The van der Waals surface area contributed by atoms with Crippen molar-refractivity contribution in [2.24, 2.45) is 11.3 Å². The van der Waals surface area contributed by atoms with Crippen LogP contribution in [0, 0.1) is 12.3 Å². The van der Waals surface area contributed by atoms with Gasteiger partial charge in [-0.15, -0.1) is 0 Å². The number of nitrogen functional groups attached to an aromatic ring is 1. The van der Waals surface area contributed by atoms with Crippen LogP contribution in [0.15, 0.2) is 0 Å². The minimum atomic E-state index is -0.153. The average Bonchev–Trinajstić information content (AvgIpc) is 2.32. The predicted octanol–water partition coefficient (Wildman–Crippen LogP) is 3.32. The van der Waals surface area contributed by atoms with Crippen LogP contribution in [0.4, 0.5) is 5.82 Å². The number of anilines is 1. The van der Waals surface area contributed by atoms with Crippen molar-refractivity contribution >= 4 is 5.82 Å². The number of hydrazine groups is 1. The number of nitrogens with zero attached hydrogens (tertiary/aromatic N) is 2. The maximum atomic E-state index is 5.85. The summed E-state index contributed by atoms with van der Waals surface area (Å²) < 4.78 is 5.85. The van der Waals surface area contributed by atoms with Gasteiger partial charge in [0.05, 0.1) is 0 Å². The zero-order valence-corrected chi connectivity index (χ0v) is 13.7. The first-order valence-corrected chi connectivity index (χ1v) is 7.19. The van der Waals surface area contributed by atoms with Gasteiger partial charge in [0.25, 0.3) is 0 Å². The summed E-state index contributed by atoms with van der Waals surface area (Å²) >= 11 is 0. The topological polar surface area (TPSA) is 73.1 Å². The molecule has 0 aliphatic heterocycles. The van der Waals surface area contributed by atoms with Crippen LogP contribution in [-0.4, -0.2) is 16.6 Å². The summed E-state index contributed by atoms with van der Waals surface area (Å²) in [6, 6.07) is 0. The molecule has 0 fully saturated rings. The molecule has 1 unspecified atom stereocenters. The lowest BCUT2D eigenvalue weighted by Crippen LogP contribution is -2.25. The van der Waals surface area contributed by atoms with Gasteiger partial charge in [-0.05, 0) is 25.2 Å². The fraction of sp³-hybridized carbons (Fsp3) is 0.733. The normalized spacial score (nSPS) is 13.7. The van der Waals surface area contributed by atoms with Crippen molar-refractivity contribution < 1.29 is 4.74 Å². The summed E-state index contributed by atoms with van der Waals surface area (Å²) in [5.41, 5.74) is 4.63. The summed E-state index contributed by atoms with van der Waals surface area (Å²) in [5.74, 6) is 7.32. The third-order valence-electron chi connectivity index (χ3n) is 3.22. The molecule has 0 aliphatic carbocycles. The van der Waals surface area contributed by atoms with Crippen LogP contribution in [0.2, 0.25) is 0 Å². The number of hydrogen-bond acceptors (Lipinski definition) is 5. The van der Waals surface area contributed by atoms with Crippen LogP contribution in [0.25, 0.3) is 0 Å². The first-order chi connectivity index (χ1) is 9.22. The summed E-state index contributed by atoms with van der Waals surface area (Å²) in [5, 5.41) is 0. The molecule has 0 radical (unpaired) electrons. The molecule has 1 aromatic rings. The van der Waals surface area contributed by atoms with E-state index in [1.165, 1.54) is 0 Å². The highest BCUT2D eigenvalue weighted by atomic mass is 16.5. The summed E-state index contributed by atoms with van der Waals surface area (Å²) in [7, 11) is 0. The second-order valence-corrected chi connectivity index (χ2v) is 6.43. The largest absolute Gasteiger partial charge is 0.370 e. The number of aryl methyl sites for hydroxylation is 1. The quantitative estimate of drug-likeness (QED) is 0.639. The first-order valence-electron chi connectivity index (χ1n) is 7.19. The molecule has 0 bridgehead atoms. The lowest BCUT2D eigenvalue weighted by Gasteiger charge is -2.30. The molecule has 1 atom stereocenters. The van der Waals surface area contributed by atoms with Crippen molar-refractivity contribution in [2.75, 3.05) is 12.0 Å². The highest BCUT2D eigenvalue weighted by Crippen LogP contribution is 2.36. The van der Waals surface area contributed by atoms with Gasteiger partial charge in [0.15, 0.2) is 5.82 Å². The molecule has 1 aromatic heterocycles. The molecule has 1 heterocycles. The molecule has 0 aromatic carbocycles. The molecular weight excluding hydrogens is 252 g/mol. The number of hydrogen-bond donors (Lipinski definition) is 2. The second-order valence-electron chi connectivity index (χ2n) is 6.43. The van der Waals surface area contributed by atoms with E-state index in [0.717, 1.165) is 11.3 Å². The number of ether oxygens (including phenoxy) is 1. The Hall–Kier alpha value is -1.20. The SMILES string of the molecule is CCOC(c1nc(C)c(C(C)C)c(NN)n1)C(C)(C)C. The van der Waals surface area contributed by atoms with Crippen molar-refractivity contribution in [2.45, 2.75) is 60.5 Å². The zero-order chi connectivity index (χ0) is 15.5. The lowest BCUT2D eigenvalue weighted by atomic mass is 9.88. The van der Waals surface area contributed by atoms with Crippen LogP contribution in [0.1, 0.15) is 70.6 Å². The fourth-order valence-corrected chi connectivity index (χ4v) is 2.40. The number of aromatic nitrogens is 2. The molecule has 3 N–H and O–H groups in total. The fourth-order valence-electron chi connectivity index (χ4n) is 2.40. The highest BCUT2D eigenvalue weighted by Gasteiger charge is 2.30. The van der Waals surface area contributed by atoms with E-state index in [4.69, 9.17) is 10.6 Å². The minimum Gasteiger partial charge on any atom is -0.370 e. The van der Waals surface area contributed by atoms with Crippen molar-refractivity contribution in [3.05, 3.63) is 17.1 Å². The molecule has 114 valence electrons. The molecule has 5 heteroatoms. The molecule has 1 rings (SSSR count). The van der Waals surface area contributed by atoms with Crippen molar-refractivity contribution in [1.82, 2.24) is 9.97 Å². The smallest absolute Gasteiger partial charge is 0.160 e. The molecule has 0 amide bonds. The Kier molecular flexibility index (Phi) is 5.48. The van der Waals surface area contributed by atoms with Gasteiger partial charge >= 0.3 is 0 Å². The van der Waals surface area contributed by atoms with Crippen LogP contribution in [0.3, 0.4) is 0 Å². The molecule has 0 saturated carbocycles. The Bertz CT molecular complexity index is 452. The Morgan fingerprint density at radius 3 is 2.25 bits per heavy atom. The van der Waals surface area contributed by atoms with Gasteiger partial charge in [0.1, 0.15) is 11.9 Å².